The van der Waals surface area contributed by atoms with E-state index in [0.29, 0.717) is 6.04 Å². The molecule has 1 aliphatic rings. The Labute approximate surface area is 127 Å². The van der Waals surface area contributed by atoms with E-state index >= 15 is 0 Å². The van der Waals surface area contributed by atoms with Crippen LogP contribution in [0.25, 0.3) is 0 Å². The van der Waals surface area contributed by atoms with Crippen molar-refractivity contribution in [2.45, 2.75) is 58.3 Å². The van der Waals surface area contributed by atoms with E-state index in [-0.39, 0.29) is 18.0 Å². The molecule has 1 unspecified atom stereocenters. The number of rotatable bonds is 7. The molecule has 0 aromatic heterocycles. The highest BCUT2D eigenvalue weighted by atomic mass is 16.5. The predicted octanol–water partition coefficient (Wildman–Crippen LogP) is 1.16. The van der Waals surface area contributed by atoms with Crippen LogP contribution in [-0.2, 0) is 11.3 Å². The third-order valence-corrected chi connectivity index (χ3v) is 4.05. The topological polar surface area (TPSA) is 42.8 Å². The molecule has 1 amide bonds. The standard InChI is InChI=1S/C17H26N2O2/c1-12(2)18-17(20)13(3)19(15-7-8-15)11-14-5-9-16(21-4)10-6-14/h5-6,9-10,12-13,15H,7-8,11H2,1-4H3,(H,18,20)/p+1/t13-/m0/s1. The number of nitrogens with one attached hydrogen (secondary N) is 2. The van der Waals surface area contributed by atoms with Crippen molar-refractivity contribution in [1.29, 1.82) is 0 Å². The fraction of sp³-hybridized carbons (Fsp3) is 0.588. The molecule has 21 heavy (non-hydrogen) atoms. The van der Waals surface area contributed by atoms with Gasteiger partial charge in [-0.15, -0.1) is 0 Å². The van der Waals surface area contributed by atoms with E-state index in [1.807, 2.05) is 32.9 Å². The molecule has 0 saturated heterocycles. The number of carbonyl (C=O) groups is 1. The van der Waals surface area contributed by atoms with Crippen molar-refractivity contribution in [1.82, 2.24) is 5.32 Å². The SMILES string of the molecule is COc1ccc(C[NH+](C2CC2)[C@@H](C)C(=O)NC(C)C)cc1. The fourth-order valence-corrected chi connectivity index (χ4v) is 2.66. The summed E-state index contributed by atoms with van der Waals surface area (Å²) < 4.78 is 5.19. The van der Waals surface area contributed by atoms with Gasteiger partial charge in [-0.3, -0.25) is 4.79 Å². The monoisotopic (exact) mass is 291 g/mol. The molecule has 1 fully saturated rings. The predicted molar refractivity (Wildman–Crippen MR) is 83.4 cm³/mol. The second-order valence-corrected chi connectivity index (χ2v) is 6.26. The van der Waals surface area contributed by atoms with Gasteiger partial charge in [-0.1, -0.05) is 0 Å². The Morgan fingerprint density at radius 3 is 2.38 bits per heavy atom. The van der Waals surface area contributed by atoms with Gasteiger partial charge in [-0.05, 0) is 45.0 Å². The Balaban J connectivity index is 2.02. The second kappa shape index (κ2) is 6.94. The zero-order valence-electron chi connectivity index (χ0n) is 13.5. The summed E-state index contributed by atoms with van der Waals surface area (Å²) in [6.07, 6.45) is 2.45. The van der Waals surface area contributed by atoms with Crippen LogP contribution in [0.15, 0.2) is 24.3 Å². The summed E-state index contributed by atoms with van der Waals surface area (Å²) in [7, 11) is 1.68. The largest absolute Gasteiger partial charge is 0.497 e. The van der Waals surface area contributed by atoms with Crippen molar-refractivity contribution in [3.63, 3.8) is 0 Å². The third kappa shape index (κ3) is 4.46. The van der Waals surface area contributed by atoms with Crippen molar-refractivity contribution in [3.05, 3.63) is 29.8 Å². The first-order valence-electron chi connectivity index (χ1n) is 7.80. The Morgan fingerprint density at radius 1 is 1.29 bits per heavy atom. The molecular weight excluding hydrogens is 264 g/mol. The summed E-state index contributed by atoms with van der Waals surface area (Å²) in [6.45, 7) is 6.94. The minimum absolute atomic E-state index is 0.0120. The van der Waals surface area contributed by atoms with Crippen LogP contribution in [-0.4, -0.2) is 31.1 Å². The van der Waals surface area contributed by atoms with Gasteiger partial charge in [0, 0.05) is 24.4 Å². The van der Waals surface area contributed by atoms with E-state index in [0.717, 1.165) is 12.3 Å². The minimum Gasteiger partial charge on any atom is -0.497 e. The van der Waals surface area contributed by atoms with Gasteiger partial charge in [0.15, 0.2) is 6.04 Å². The quantitative estimate of drug-likeness (QED) is 0.791. The van der Waals surface area contributed by atoms with E-state index in [1.165, 1.54) is 23.3 Å². The van der Waals surface area contributed by atoms with Crippen LogP contribution in [0.4, 0.5) is 0 Å². The minimum atomic E-state index is -0.0120. The van der Waals surface area contributed by atoms with E-state index < -0.39 is 0 Å². The van der Waals surface area contributed by atoms with Crippen LogP contribution >= 0.6 is 0 Å². The van der Waals surface area contributed by atoms with Gasteiger partial charge in [0.25, 0.3) is 5.91 Å². The highest BCUT2D eigenvalue weighted by Crippen LogP contribution is 2.17. The molecular formula is C17H27N2O2+. The van der Waals surface area contributed by atoms with E-state index in [1.54, 1.807) is 7.11 Å². The van der Waals surface area contributed by atoms with Crippen molar-refractivity contribution in [2.75, 3.05) is 7.11 Å². The van der Waals surface area contributed by atoms with Crippen LogP contribution < -0.4 is 15.0 Å². The van der Waals surface area contributed by atoms with Crippen molar-refractivity contribution in [2.24, 2.45) is 0 Å². The van der Waals surface area contributed by atoms with E-state index in [9.17, 15) is 4.79 Å². The second-order valence-electron chi connectivity index (χ2n) is 6.26. The average molecular weight is 291 g/mol. The van der Waals surface area contributed by atoms with Gasteiger partial charge >= 0.3 is 0 Å². The normalized spacial score (nSPS) is 17.4. The first kappa shape index (κ1) is 15.8. The van der Waals surface area contributed by atoms with Crippen molar-refractivity contribution in [3.8, 4) is 5.75 Å². The lowest BCUT2D eigenvalue weighted by atomic mass is 10.1. The van der Waals surface area contributed by atoms with Crippen molar-refractivity contribution >= 4 is 5.91 Å². The molecule has 2 rings (SSSR count). The molecule has 2 atom stereocenters. The highest BCUT2D eigenvalue weighted by molar-refractivity contribution is 5.80. The highest BCUT2D eigenvalue weighted by Gasteiger charge is 2.39. The maximum Gasteiger partial charge on any atom is 0.278 e. The summed E-state index contributed by atoms with van der Waals surface area (Å²) in [4.78, 5) is 13.6. The van der Waals surface area contributed by atoms with Gasteiger partial charge < -0.3 is 15.0 Å². The number of hydrogen-bond acceptors (Lipinski definition) is 2. The number of amides is 1. The average Bonchev–Trinajstić information content (AvgIpc) is 3.28. The van der Waals surface area contributed by atoms with E-state index in [4.69, 9.17) is 4.74 Å². The summed E-state index contributed by atoms with van der Waals surface area (Å²) >= 11 is 0. The third-order valence-electron chi connectivity index (χ3n) is 4.05. The van der Waals surface area contributed by atoms with Crippen LogP contribution in [0.5, 0.6) is 5.75 Å². The molecule has 1 saturated carbocycles. The summed E-state index contributed by atoms with van der Waals surface area (Å²) in [5, 5.41) is 3.03. The van der Waals surface area contributed by atoms with Crippen LogP contribution in [0.2, 0.25) is 0 Å². The first-order valence-corrected chi connectivity index (χ1v) is 7.80. The zero-order chi connectivity index (χ0) is 15.4. The maximum atomic E-state index is 12.3. The summed E-state index contributed by atoms with van der Waals surface area (Å²) in [5.74, 6) is 1.03. The lowest BCUT2D eigenvalue weighted by molar-refractivity contribution is -0.938. The maximum absolute atomic E-state index is 12.3. The number of quaternary nitrogens is 1. The number of benzene rings is 1. The van der Waals surface area contributed by atoms with Crippen LogP contribution in [0.1, 0.15) is 39.2 Å². The van der Waals surface area contributed by atoms with Crippen molar-refractivity contribution < 1.29 is 14.4 Å². The molecule has 1 aromatic rings. The van der Waals surface area contributed by atoms with Crippen LogP contribution in [0, 0.1) is 0 Å². The fourth-order valence-electron chi connectivity index (χ4n) is 2.66. The Morgan fingerprint density at radius 2 is 1.90 bits per heavy atom. The molecule has 0 bridgehead atoms. The molecule has 1 aromatic carbocycles. The molecule has 0 spiro atoms. The lowest BCUT2D eigenvalue weighted by Gasteiger charge is -2.26. The molecule has 4 nitrogen and oxygen atoms in total. The van der Waals surface area contributed by atoms with Gasteiger partial charge in [0.05, 0.1) is 13.2 Å². The number of ether oxygens (including phenoxy) is 1. The zero-order valence-corrected chi connectivity index (χ0v) is 13.5. The lowest BCUT2D eigenvalue weighted by Crippen LogP contribution is -3.16. The molecule has 1 aliphatic carbocycles. The smallest absolute Gasteiger partial charge is 0.278 e. The molecule has 0 aliphatic heterocycles. The van der Waals surface area contributed by atoms with Gasteiger partial charge in [0.2, 0.25) is 0 Å². The Kier molecular flexibility index (Phi) is 5.23. The summed E-state index contributed by atoms with van der Waals surface area (Å²) in [5.41, 5.74) is 1.25. The molecule has 4 heteroatoms. The summed E-state index contributed by atoms with van der Waals surface area (Å²) in [6, 6.07) is 8.96. The van der Waals surface area contributed by atoms with Crippen LogP contribution in [0.3, 0.4) is 0 Å². The molecule has 0 heterocycles. The number of carbonyl (C=O) groups excluding carboxylic acids is 1. The van der Waals surface area contributed by atoms with E-state index in [2.05, 4.69) is 17.4 Å². The number of hydrogen-bond donors (Lipinski definition) is 2. The molecule has 2 N–H and O–H groups in total. The molecule has 0 radical (unpaired) electrons. The Bertz CT molecular complexity index is 466. The Hall–Kier alpha value is -1.55. The van der Waals surface area contributed by atoms with Gasteiger partial charge in [-0.25, -0.2) is 0 Å². The van der Waals surface area contributed by atoms with Gasteiger partial charge in [-0.2, -0.15) is 0 Å². The first-order chi connectivity index (χ1) is 10.0. The number of methoxy groups -OCH3 is 1. The van der Waals surface area contributed by atoms with Gasteiger partial charge in [0.1, 0.15) is 12.3 Å². The molecule has 116 valence electrons.